The number of benzene rings is 2. The summed E-state index contributed by atoms with van der Waals surface area (Å²) >= 11 is 11.2. The van der Waals surface area contributed by atoms with Gasteiger partial charge < -0.3 is 15.1 Å². The van der Waals surface area contributed by atoms with Gasteiger partial charge in [0.1, 0.15) is 0 Å². The van der Waals surface area contributed by atoms with Gasteiger partial charge >= 0.3 is 6.18 Å². The number of nitrogens with zero attached hydrogens (tertiary/aromatic N) is 2. The molecule has 0 aliphatic carbocycles. The van der Waals surface area contributed by atoms with Gasteiger partial charge in [-0.05, 0) is 48.6 Å². The normalized spacial score (nSPS) is 15.1. The zero-order chi connectivity index (χ0) is 18.7. The van der Waals surface area contributed by atoms with Crippen LogP contribution in [0, 0.1) is 0 Å². The molecule has 1 fully saturated rings. The first-order valence-electron chi connectivity index (χ1n) is 8.07. The third-order valence-corrected chi connectivity index (χ3v) is 4.84. The second-order valence-corrected chi connectivity index (χ2v) is 6.75. The standard InChI is InChI=1S/C18H17ClF3N3S/c19-13-5-7-14(8-6-13)24-9-11-25(12-10-24)17(26)23-16-4-2-1-3-15(16)18(20,21)22/h1-8H,9-12H2,(H,23,26). The average molecular weight is 400 g/mol. The molecule has 0 saturated carbocycles. The molecule has 138 valence electrons. The number of hydrogen-bond donors (Lipinski definition) is 1. The largest absolute Gasteiger partial charge is 0.418 e. The van der Waals surface area contributed by atoms with E-state index in [1.165, 1.54) is 12.1 Å². The van der Waals surface area contributed by atoms with Crippen LogP contribution in [0.1, 0.15) is 5.56 Å². The first kappa shape index (κ1) is 18.8. The molecule has 0 aromatic heterocycles. The van der Waals surface area contributed by atoms with E-state index in [0.29, 0.717) is 23.2 Å². The maximum atomic E-state index is 13.1. The molecule has 1 heterocycles. The van der Waals surface area contributed by atoms with Crippen molar-refractivity contribution in [3.63, 3.8) is 0 Å². The van der Waals surface area contributed by atoms with Gasteiger partial charge in [-0.1, -0.05) is 23.7 Å². The molecule has 0 spiro atoms. The Morgan fingerprint density at radius 3 is 2.19 bits per heavy atom. The van der Waals surface area contributed by atoms with Gasteiger partial charge in [0.25, 0.3) is 0 Å². The molecule has 26 heavy (non-hydrogen) atoms. The molecule has 1 saturated heterocycles. The van der Waals surface area contributed by atoms with E-state index >= 15 is 0 Å². The maximum Gasteiger partial charge on any atom is 0.418 e. The lowest BCUT2D eigenvalue weighted by Crippen LogP contribution is -2.50. The quantitative estimate of drug-likeness (QED) is 0.725. The van der Waals surface area contributed by atoms with Crippen molar-refractivity contribution in [3.8, 4) is 0 Å². The van der Waals surface area contributed by atoms with Crippen molar-refractivity contribution in [2.24, 2.45) is 0 Å². The second-order valence-electron chi connectivity index (χ2n) is 5.92. The Morgan fingerprint density at radius 2 is 1.58 bits per heavy atom. The molecular formula is C18H17ClF3N3S. The van der Waals surface area contributed by atoms with Crippen molar-refractivity contribution in [3.05, 3.63) is 59.1 Å². The molecule has 0 unspecified atom stereocenters. The lowest BCUT2D eigenvalue weighted by atomic mass is 10.1. The summed E-state index contributed by atoms with van der Waals surface area (Å²) < 4.78 is 39.3. The van der Waals surface area contributed by atoms with E-state index in [2.05, 4.69) is 10.2 Å². The van der Waals surface area contributed by atoms with Gasteiger partial charge in [-0.15, -0.1) is 0 Å². The highest BCUT2D eigenvalue weighted by Crippen LogP contribution is 2.34. The fourth-order valence-corrected chi connectivity index (χ4v) is 3.27. The molecule has 8 heteroatoms. The fraction of sp³-hybridized carbons (Fsp3) is 0.278. The van der Waals surface area contributed by atoms with Crippen molar-refractivity contribution in [1.82, 2.24) is 4.90 Å². The van der Waals surface area contributed by atoms with Crippen LogP contribution in [-0.4, -0.2) is 36.2 Å². The van der Waals surface area contributed by atoms with Gasteiger partial charge in [-0.25, -0.2) is 0 Å². The fourth-order valence-electron chi connectivity index (χ4n) is 2.85. The van der Waals surface area contributed by atoms with Gasteiger partial charge in [0.15, 0.2) is 5.11 Å². The SMILES string of the molecule is FC(F)(F)c1ccccc1NC(=S)N1CCN(c2ccc(Cl)cc2)CC1. The Bertz CT molecular complexity index is 772. The smallest absolute Gasteiger partial charge is 0.368 e. The number of anilines is 2. The summed E-state index contributed by atoms with van der Waals surface area (Å²) in [5.74, 6) is 0. The summed E-state index contributed by atoms with van der Waals surface area (Å²) in [6.07, 6.45) is -4.42. The second kappa shape index (κ2) is 7.72. The third-order valence-electron chi connectivity index (χ3n) is 4.23. The Labute approximate surface area is 160 Å². The van der Waals surface area contributed by atoms with Crippen LogP contribution in [0.4, 0.5) is 24.5 Å². The van der Waals surface area contributed by atoms with E-state index in [9.17, 15) is 13.2 Å². The lowest BCUT2D eigenvalue weighted by Gasteiger charge is -2.37. The first-order chi connectivity index (χ1) is 12.3. The van der Waals surface area contributed by atoms with Gasteiger partial charge in [-0.3, -0.25) is 0 Å². The van der Waals surface area contributed by atoms with E-state index in [1.54, 1.807) is 6.07 Å². The molecular weight excluding hydrogens is 383 g/mol. The predicted octanol–water partition coefficient (Wildman–Crippen LogP) is 4.88. The Balaban J connectivity index is 1.62. The number of nitrogens with one attached hydrogen (secondary N) is 1. The van der Waals surface area contributed by atoms with Crippen molar-refractivity contribution in [1.29, 1.82) is 0 Å². The molecule has 2 aromatic rings. The van der Waals surface area contributed by atoms with Crippen LogP contribution in [0.25, 0.3) is 0 Å². The van der Waals surface area contributed by atoms with Crippen LogP contribution >= 0.6 is 23.8 Å². The van der Waals surface area contributed by atoms with Crippen LogP contribution < -0.4 is 10.2 Å². The number of rotatable bonds is 2. The molecule has 0 bridgehead atoms. The molecule has 0 radical (unpaired) electrons. The summed E-state index contributed by atoms with van der Waals surface area (Å²) in [5.41, 5.74) is 0.322. The Morgan fingerprint density at radius 1 is 0.962 bits per heavy atom. The molecule has 2 aromatic carbocycles. The number of hydrogen-bond acceptors (Lipinski definition) is 2. The minimum Gasteiger partial charge on any atom is -0.368 e. The summed E-state index contributed by atoms with van der Waals surface area (Å²) in [6.45, 7) is 2.71. The molecule has 3 nitrogen and oxygen atoms in total. The topological polar surface area (TPSA) is 18.5 Å². The van der Waals surface area contributed by atoms with Gasteiger partial charge in [0.05, 0.1) is 11.3 Å². The minimum atomic E-state index is -4.42. The van der Waals surface area contributed by atoms with Crippen LogP contribution in [0.5, 0.6) is 0 Å². The number of halogens is 4. The van der Waals surface area contributed by atoms with Crippen LogP contribution in [0.2, 0.25) is 5.02 Å². The lowest BCUT2D eigenvalue weighted by molar-refractivity contribution is -0.136. The monoisotopic (exact) mass is 399 g/mol. The van der Waals surface area contributed by atoms with E-state index in [4.69, 9.17) is 23.8 Å². The van der Waals surface area contributed by atoms with E-state index in [0.717, 1.165) is 24.8 Å². The first-order valence-corrected chi connectivity index (χ1v) is 8.86. The van der Waals surface area contributed by atoms with Gasteiger partial charge in [0.2, 0.25) is 0 Å². The van der Waals surface area contributed by atoms with Crippen LogP contribution in [0.3, 0.4) is 0 Å². The van der Waals surface area contributed by atoms with E-state index < -0.39 is 11.7 Å². The summed E-state index contributed by atoms with van der Waals surface area (Å²) in [4.78, 5) is 4.08. The Kier molecular flexibility index (Phi) is 5.58. The zero-order valence-electron chi connectivity index (χ0n) is 13.8. The summed E-state index contributed by atoms with van der Waals surface area (Å²) in [5, 5.41) is 3.74. The molecule has 1 aliphatic heterocycles. The third kappa shape index (κ3) is 4.40. The van der Waals surface area contributed by atoms with Crippen LogP contribution in [-0.2, 0) is 6.18 Å². The number of thiocarbonyl (C=S) groups is 1. The molecule has 3 rings (SSSR count). The van der Waals surface area contributed by atoms with E-state index in [1.807, 2.05) is 29.2 Å². The number of para-hydroxylation sites is 1. The highest BCUT2D eigenvalue weighted by Gasteiger charge is 2.33. The van der Waals surface area contributed by atoms with Crippen molar-refractivity contribution >= 4 is 40.3 Å². The van der Waals surface area contributed by atoms with Crippen LogP contribution in [0.15, 0.2) is 48.5 Å². The molecule has 0 amide bonds. The number of piperazine rings is 1. The van der Waals surface area contributed by atoms with Crippen molar-refractivity contribution in [2.75, 3.05) is 36.4 Å². The number of alkyl halides is 3. The molecule has 0 atom stereocenters. The highest BCUT2D eigenvalue weighted by atomic mass is 35.5. The summed E-state index contributed by atoms with van der Waals surface area (Å²) in [6, 6.07) is 12.9. The van der Waals surface area contributed by atoms with Crippen molar-refractivity contribution < 1.29 is 13.2 Å². The summed E-state index contributed by atoms with van der Waals surface area (Å²) in [7, 11) is 0. The minimum absolute atomic E-state index is 0.0230. The average Bonchev–Trinajstić information content (AvgIpc) is 2.62. The van der Waals surface area contributed by atoms with Gasteiger partial charge in [-0.2, -0.15) is 13.2 Å². The Hall–Kier alpha value is -1.99. The zero-order valence-corrected chi connectivity index (χ0v) is 15.3. The molecule has 1 aliphatic rings. The van der Waals surface area contributed by atoms with E-state index in [-0.39, 0.29) is 5.69 Å². The van der Waals surface area contributed by atoms with Crippen molar-refractivity contribution in [2.45, 2.75) is 6.18 Å². The van der Waals surface area contributed by atoms with Gasteiger partial charge in [0, 0.05) is 36.9 Å². The maximum absolute atomic E-state index is 13.1. The molecule has 1 N–H and O–H groups in total. The highest BCUT2D eigenvalue weighted by molar-refractivity contribution is 7.80. The predicted molar refractivity (Wildman–Crippen MR) is 103 cm³/mol.